The molecule has 0 atom stereocenters. The van der Waals surface area contributed by atoms with Crippen LogP contribution in [0.5, 0.6) is 0 Å². The third-order valence-electron chi connectivity index (χ3n) is 1.78. The van der Waals surface area contributed by atoms with E-state index in [1.807, 2.05) is 0 Å². The Labute approximate surface area is 75.0 Å². The van der Waals surface area contributed by atoms with E-state index in [-0.39, 0.29) is 5.91 Å². The molecule has 62 valence electrons. The standard InChI is InChI=1S/C8H8N2OS/c11-8(10-4-5-10)6-2-1-3-9-7(6)12/h1-3H,4-5H2,(H,9,12). The molecule has 3 nitrogen and oxygen atoms in total. The number of pyridine rings is 1. The van der Waals surface area contributed by atoms with Crippen LogP contribution >= 0.6 is 12.2 Å². The van der Waals surface area contributed by atoms with E-state index >= 15 is 0 Å². The van der Waals surface area contributed by atoms with Crippen LogP contribution in [0.15, 0.2) is 18.3 Å². The van der Waals surface area contributed by atoms with Crippen molar-refractivity contribution in [2.24, 2.45) is 0 Å². The van der Waals surface area contributed by atoms with Crippen molar-refractivity contribution in [3.8, 4) is 0 Å². The Morgan fingerprint density at radius 2 is 2.33 bits per heavy atom. The van der Waals surface area contributed by atoms with E-state index < -0.39 is 0 Å². The highest BCUT2D eigenvalue weighted by Gasteiger charge is 2.25. The normalized spacial score (nSPS) is 14.5. The van der Waals surface area contributed by atoms with E-state index in [4.69, 9.17) is 12.2 Å². The Hall–Kier alpha value is -1.16. The summed E-state index contributed by atoms with van der Waals surface area (Å²) in [5, 5.41) is 0. The molecule has 12 heavy (non-hydrogen) atoms. The summed E-state index contributed by atoms with van der Waals surface area (Å²) in [7, 11) is 0. The van der Waals surface area contributed by atoms with E-state index in [0.717, 1.165) is 13.1 Å². The number of carbonyl (C=O) groups excluding carboxylic acids is 1. The second-order valence-corrected chi connectivity index (χ2v) is 3.11. The van der Waals surface area contributed by atoms with Gasteiger partial charge >= 0.3 is 0 Å². The number of H-pyrrole nitrogens is 1. The average Bonchev–Trinajstić information content (AvgIpc) is 2.86. The van der Waals surface area contributed by atoms with Gasteiger partial charge in [0.2, 0.25) is 0 Å². The molecule has 4 heteroatoms. The lowest BCUT2D eigenvalue weighted by atomic mass is 10.3. The third kappa shape index (κ3) is 1.25. The third-order valence-corrected chi connectivity index (χ3v) is 2.12. The van der Waals surface area contributed by atoms with Crippen LogP contribution in [0.25, 0.3) is 0 Å². The summed E-state index contributed by atoms with van der Waals surface area (Å²) in [6, 6.07) is 3.53. The highest BCUT2D eigenvalue weighted by atomic mass is 32.1. The maximum atomic E-state index is 11.5. The fraction of sp³-hybridized carbons (Fsp3) is 0.250. The largest absolute Gasteiger partial charge is 0.352 e. The topological polar surface area (TPSA) is 35.9 Å². The van der Waals surface area contributed by atoms with Crippen molar-refractivity contribution in [3.05, 3.63) is 28.5 Å². The molecule has 0 radical (unpaired) electrons. The summed E-state index contributed by atoms with van der Waals surface area (Å²) in [6.45, 7) is 1.73. The number of hydrogen-bond donors (Lipinski definition) is 1. The molecule has 0 aromatic carbocycles. The minimum absolute atomic E-state index is 0.0388. The van der Waals surface area contributed by atoms with Gasteiger partial charge in [-0.15, -0.1) is 0 Å². The van der Waals surface area contributed by atoms with Gasteiger partial charge in [-0.25, -0.2) is 0 Å². The maximum Gasteiger partial charge on any atom is 0.256 e. The number of aromatic nitrogens is 1. The van der Waals surface area contributed by atoms with Gasteiger partial charge < -0.3 is 9.88 Å². The van der Waals surface area contributed by atoms with Crippen LogP contribution in [0.1, 0.15) is 10.4 Å². The predicted molar refractivity (Wildman–Crippen MR) is 47.5 cm³/mol. The van der Waals surface area contributed by atoms with E-state index in [1.165, 1.54) is 0 Å². The molecule has 2 rings (SSSR count). The van der Waals surface area contributed by atoms with Crippen molar-refractivity contribution in [1.82, 2.24) is 9.88 Å². The molecule has 1 saturated heterocycles. The molecule has 0 spiro atoms. The quantitative estimate of drug-likeness (QED) is 0.520. The molecule has 0 saturated carbocycles. The van der Waals surface area contributed by atoms with Crippen LogP contribution in [0, 0.1) is 4.64 Å². The summed E-state index contributed by atoms with van der Waals surface area (Å²) in [5.74, 6) is 0.0388. The van der Waals surface area contributed by atoms with Crippen molar-refractivity contribution in [2.45, 2.75) is 0 Å². The average molecular weight is 180 g/mol. The smallest absolute Gasteiger partial charge is 0.256 e. The van der Waals surface area contributed by atoms with Gasteiger partial charge in [-0.1, -0.05) is 12.2 Å². The monoisotopic (exact) mass is 180 g/mol. The van der Waals surface area contributed by atoms with Gasteiger partial charge in [0.15, 0.2) is 0 Å². The van der Waals surface area contributed by atoms with Crippen molar-refractivity contribution < 1.29 is 4.79 Å². The fourth-order valence-corrected chi connectivity index (χ4v) is 1.24. The summed E-state index contributed by atoms with van der Waals surface area (Å²) in [5.41, 5.74) is 0.602. The number of aromatic amines is 1. The zero-order valence-electron chi connectivity index (χ0n) is 6.41. The fourth-order valence-electron chi connectivity index (χ4n) is 1.01. The lowest BCUT2D eigenvalue weighted by Crippen LogP contribution is -2.11. The number of nitrogens with zero attached hydrogens (tertiary/aromatic N) is 1. The van der Waals surface area contributed by atoms with Crippen molar-refractivity contribution in [3.63, 3.8) is 0 Å². The molecule has 2 heterocycles. The molecule has 0 bridgehead atoms. The summed E-state index contributed by atoms with van der Waals surface area (Å²) >= 11 is 4.97. The first kappa shape index (κ1) is 7.49. The van der Waals surface area contributed by atoms with Gasteiger partial charge in [0.05, 0.1) is 5.56 Å². The summed E-state index contributed by atoms with van der Waals surface area (Å²) in [4.78, 5) is 16.0. The number of rotatable bonds is 1. The molecule has 1 aromatic heterocycles. The Kier molecular flexibility index (Phi) is 1.69. The molecule has 1 aliphatic rings. The van der Waals surface area contributed by atoms with Gasteiger partial charge in [0, 0.05) is 19.3 Å². The van der Waals surface area contributed by atoms with E-state index in [0.29, 0.717) is 10.2 Å². The molecule has 1 amide bonds. The Bertz CT molecular complexity index is 367. The lowest BCUT2D eigenvalue weighted by Gasteiger charge is -1.99. The van der Waals surface area contributed by atoms with Crippen LogP contribution in [-0.2, 0) is 0 Å². The molecule has 1 aliphatic heterocycles. The van der Waals surface area contributed by atoms with Crippen LogP contribution in [-0.4, -0.2) is 28.9 Å². The minimum atomic E-state index is 0.0388. The zero-order chi connectivity index (χ0) is 8.55. The summed E-state index contributed by atoms with van der Waals surface area (Å²) < 4.78 is 0.523. The second-order valence-electron chi connectivity index (χ2n) is 2.71. The first-order valence-electron chi connectivity index (χ1n) is 3.76. The van der Waals surface area contributed by atoms with Crippen molar-refractivity contribution in [1.29, 1.82) is 0 Å². The Balaban J connectivity index is 2.38. The van der Waals surface area contributed by atoms with Crippen LogP contribution in [0.4, 0.5) is 0 Å². The molecule has 1 fully saturated rings. The van der Waals surface area contributed by atoms with Gasteiger partial charge in [-0.2, -0.15) is 0 Å². The molecular formula is C8H8N2OS. The number of hydrogen-bond acceptors (Lipinski definition) is 2. The maximum absolute atomic E-state index is 11.5. The van der Waals surface area contributed by atoms with E-state index in [2.05, 4.69) is 4.98 Å². The van der Waals surface area contributed by atoms with Crippen molar-refractivity contribution >= 4 is 18.1 Å². The zero-order valence-corrected chi connectivity index (χ0v) is 7.23. The highest BCUT2D eigenvalue weighted by molar-refractivity contribution is 7.71. The first-order chi connectivity index (χ1) is 5.79. The SMILES string of the molecule is O=C(c1ccc[nH]c1=S)N1CC1. The van der Waals surface area contributed by atoms with Crippen molar-refractivity contribution in [2.75, 3.05) is 13.1 Å². The van der Waals surface area contributed by atoms with E-state index in [1.54, 1.807) is 23.2 Å². The number of carbonyl (C=O) groups is 1. The second kappa shape index (κ2) is 2.71. The molecule has 1 N–H and O–H groups in total. The van der Waals surface area contributed by atoms with Gasteiger partial charge in [-0.3, -0.25) is 4.79 Å². The molecule has 1 aromatic rings. The Morgan fingerprint density at radius 3 is 2.92 bits per heavy atom. The van der Waals surface area contributed by atoms with Crippen LogP contribution < -0.4 is 0 Å². The summed E-state index contributed by atoms with van der Waals surface area (Å²) in [6.07, 6.45) is 1.72. The first-order valence-corrected chi connectivity index (χ1v) is 4.17. The number of amides is 1. The predicted octanol–water partition coefficient (Wildman–Crippen LogP) is 1.20. The van der Waals surface area contributed by atoms with Crippen LogP contribution in [0.2, 0.25) is 0 Å². The van der Waals surface area contributed by atoms with Gasteiger partial charge in [0.25, 0.3) is 5.91 Å². The molecule has 0 unspecified atom stereocenters. The minimum Gasteiger partial charge on any atom is -0.352 e. The molecular weight excluding hydrogens is 172 g/mol. The van der Waals surface area contributed by atoms with Gasteiger partial charge in [0.1, 0.15) is 4.64 Å². The number of nitrogens with one attached hydrogen (secondary N) is 1. The van der Waals surface area contributed by atoms with E-state index in [9.17, 15) is 4.79 Å². The Morgan fingerprint density at radius 1 is 1.58 bits per heavy atom. The van der Waals surface area contributed by atoms with Gasteiger partial charge in [-0.05, 0) is 12.1 Å². The van der Waals surface area contributed by atoms with Crippen LogP contribution in [0.3, 0.4) is 0 Å². The molecule has 0 aliphatic carbocycles. The lowest BCUT2D eigenvalue weighted by molar-refractivity contribution is 0.0884. The highest BCUT2D eigenvalue weighted by Crippen LogP contribution is 2.11.